The largest absolute Gasteiger partial charge is 0.481 e. The molecule has 1 aromatic carbocycles. The zero-order chi connectivity index (χ0) is 16.8. The van der Waals surface area contributed by atoms with Gasteiger partial charge in [0, 0.05) is 23.2 Å². The Bertz CT molecular complexity index is 1100. The monoisotopic (exact) mass is 365 g/mol. The van der Waals surface area contributed by atoms with Gasteiger partial charge in [0.2, 0.25) is 5.88 Å². The van der Waals surface area contributed by atoms with Crippen molar-refractivity contribution in [2.75, 3.05) is 7.11 Å². The Hall–Kier alpha value is -2.59. The van der Waals surface area contributed by atoms with Crippen LogP contribution in [0.4, 0.5) is 0 Å². The lowest BCUT2D eigenvalue weighted by atomic mass is 9.87. The summed E-state index contributed by atoms with van der Waals surface area (Å²) in [6.45, 7) is 0. The lowest BCUT2D eigenvalue weighted by molar-refractivity contribution is 0.399. The predicted molar refractivity (Wildman–Crippen MR) is 107 cm³/mol. The molecule has 3 heterocycles. The first-order valence-electron chi connectivity index (χ1n) is 8.78. The number of halogens is 1. The Morgan fingerprint density at radius 2 is 1.92 bits per heavy atom. The number of H-pyrrole nitrogens is 1. The van der Waals surface area contributed by atoms with Gasteiger partial charge in [-0.25, -0.2) is 4.98 Å². The molecule has 0 fully saturated rings. The third kappa shape index (κ3) is 2.53. The number of benzene rings is 1. The second-order valence-corrected chi connectivity index (χ2v) is 6.61. The van der Waals surface area contributed by atoms with Crippen LogP contribution in [0.25, 0.3) is 33.2 Å². The number of pyridine rings is 2. The molecule has 5 rings (SSSR count). The van der Waals surface area contributed by atoms with Crippen molar-refractivity contribution in [3.8, 4) is 17.1 Å². The Balaban J connectivity index is 0.00000168. The minimum atomic E-state index is 0. The van der Waals surface area contributed by atoms with Crippen molar-refractivity contribution >= 4 is 34.3 Å². The highest BCUT2D eigenvalue weighted by Crippen LogP contribution is 2.36. The normalized spacial score (nSPS) is 13.4. The van der Waals surface area contributed by atoms with Crippen molar-refractivity contribution < 1.29 is 4.74 Å². The maximum atomic E-state index is 5.29. The Morgan fingerprint density at radius 1 is 1.04 bits per heavy atom. The van der Waals surface area contributed by atoms with Gasteiger partial charge in [0.05, 0.1) is 29.4 Å². The van der Waals surface area contributed by atoms with Crippen LogP contribution in [0.5, 0.6) is 5.88 Å². The molecule has 3 aromatic heterocycles. The summed E-state index contributed by atoms with van der Waals surface area (Å²) >= 11 is 0. The van der Waals surface area contributed by atoms with Crippen LogP contribution in [0.3, 0.4) is 0 Å². The molecule has 0 atom stereocenters. The van der Waals surface area contributed by atoms with E-state index >= 15 is 0 Å². The molecular weight excluding hydrogens is 346 g/mol. The van der Waals surface area contributed by atoms with Crippen molar-refractivity contribution in [1.82, 2.24) is 15.0 Å². The summed E-state index contributed by atoms with van der Waals surface area (Å²) in [5.74, 6) is 0.629. The van der Waals surface area contributed by atoms with E-state index in [4.69, 9.17) is 9.72 Å². The Morgan fingerprint density at radius 3 is 2.81 bits per heavy atom. The summed E-state index contributed by atoms with van der Waals surface area (Å²) in [6.07, 6.45) is 6.73. The fraction of sp³-hybridized carbons (Fsp3) is 0.238. The van der Waals surface area contributed by atoms with Crippen LogP contribution in [0.15, 0.2) is 42.6 Å². The summed E-state index contributed by atoms with van der Waals surface area (Å²) < 4.78 is 5.29. The summed E-state index contributed by atoms with van der Waals surface area (Å²) in [5, 5.41) is 1.09. The molecule has 0 spiro atoms. The van der Waals surface area contributed by atoms with Crippen molar-refractivity contribution in [1.29, 1.82) is 0 Å². The van der Waals surface area contributed by atoms with E-state index in [2.05, 4.69) is 28.2 Å². The predicted octanol–water partition coefficient (Wildman–Crippen LogP) is 5.09. The molecule has 1 aliphatic carbocycles. The molecule has 1 aliphatic rings. The van der Waals surface area contributed by atoms with Crippen LogP contribution in [0.1, 0.15) is 24.0 Å². The average molecular weight is 366 g/mol. The number of hydrogen-bond acceptors (Lipinski definition) is 3. The molecular formula is C21H20ClN3O. The zero-order valence-electron chi connectivity index (χ0n) is 14.6. The Kier molecular flexibility index (Phi) is 4.29. The van der Waals surface area contributed by atoms with E-state index in [1.54, 1.807) is 7.11 Å². The number of aromatic nitrogens is 3. The van der Waals surface area contributed by atoms with Crippen molar-refractivity contribution in [2.24, 2.45) is 0 Å². The summed E-state index contributed by atoms with van der Waals surface area (Å²) in [7, 11) is 1.65. The topological polar surface area (TPSA) is 50.8 Å². The number of fused-ring (bicyclic) bond motifs is 4. The van der Waals surface area contributed by atoms with Gasteiger partial charge in [-0.15, -0.1) is 12.4 Å². The van der Waals surface area contributed by atoms with Gasteiger partial charge in [-0.2, -0.15) is 0 Å². The number of aryl methyl sites for hydroxylation is 1. The smallest absolute Gasteiger partial charge is 0.213 e. The van der Waals surface area contributed by atoms with Gasteiger partial charge >= 0.3 is 0 Å². The van der Waals surface area contributed by atoms with Gasteiger partial charge in [-0.05, 0) is 48.9 Å². The van der Waals surface area contributed by atoms with Crippen molar-refractivity contribution in [3.63, 3.8) is 0 Å². The van der Waals surface area contributed by atoms with Crippen LogP contribution >= 0.6 is 12.4 Å². The van der Waals surface area contributed by atoms with E-state index in [1.807, 2.05) is 24.4 Å². The molecule has 0 amide bonds. The van der Waals surface area contributed by atoms with E-state index in [-0.39, 0.29) is 12.4 Å². The molecule has 0 bridgehead atoms. The van der Waals surface area contributed by atoms with Crippen molar-refractivity contribution in [3.05, 3.63) is 53.7 Å². The molecule has 5 heteroatoms. The first kappa shape index (κ1) is 16.9. The van der Waals surface area contributed by atoms with Crippen LogP contribution < -0.4 is 4.74 Å². The first-order chi connectivity index (χ1) is 12.3. The second kappa shape index (κ2) is 6.61. The van der Waals surface area contributed by atoms with Crippen molar-refractivity contribution in [2.45, 2.75) is 25.7 Å². The van der Waals surface area contributed by atoms with E-state index in [0.29, 0.717) is 5.88 Å². The number of nitrogens with zero attached hydrogens (tertiary/aromatic N) is 2. The number of ether oxygens (including phenoxy) is 1. The molecule has 0 saturated heterocycles. The zero-order valence-corrected chi connectivity index (χ0v) is 15.4. The molecule has 0 aliphatic heterocycles. The van der Waals surface area contributed by atoms with Crippen LogP contribution in [-0.2, 0) is 12.8 Å². The van der Waals surface area contributed by atoms with E-state index in [0.717, 1.165) is 34.1 Å². The lowest BCUT2D eigenvalue weighted by Crippen LogP contribution is -2.04. The third-order valence-corrected chi connectivity index (χ3v) is 5.20. The maximum absolute atomic E-state index is 5.29. The highest BCUT2D eigenvalue weighted by molar-refractivity contribution is 6.09. The minimum Gasteiger partial charge on any atom is -0.481 e. The number of aromatic amines is 1. The van der Waals surface area contributed by atoms with E-state index in [1.165, 1.54) is 36.0 Å². The van der Waals surface area contributed by atoms with E-state index < -0.39 is 0 Å². The standard InChI is InChI=1S/C21H19N3O.ClH/c1-25-18-10-9-17-19(24-18)16-11-12-22-20(21(16)23-17)15-8-4-6-13-5-2-3-7-14(13)15;/h4,6,8-12,23H,2-3,5,7H2,1H3;1H. The number of nitrogens with one attached hydrogen (secondary N) is 1. The van der Waals surface area contributed by atoms with Gasteiger partial charge in [0.25, 0.3) is 0 Å². The van der Waals surface area contributed by atoms with Crippen LogP contribution in [0.2, 0.25) is 0 Å². The molecule has 4 nitrogen and oxygen atoms in total. The fourth-order valence-electron chi connectivity index (χ4n) is 3.99. The lowest BCUT2D eigenvalue weighted by Gasteiger charge is -2.19. The summed E-state index contributed by atoms with van der Waals surface area (Å²) in [5.41, 5.74) is 8.20. The summed E-state index contributed by atoms with van der Waals surface area (Å²) in [6, 6.07) is 12.5. The summed E-state index contributed by atoms with van der Waals surface area (Å²) in [4.78, 5) is 12.9. The molecule has 0 radical (unpaired) electrons. The Labute approximate surface area is 158 Å². The van der Waals surface area contributed by atoms with Crippen LogP contribution in [0, 0.1) is 0 Å². The maximum Gasteiger partial charge on any atom is 0.213 e. The molecule has 1 N–H and O–H groups in total. The van der Waals surface area contributed by atoms with E-state index in [9.17, 15) is 0 Å². The quantitative estimate of drug-likeness (QED) is 0.538. The second-order valence-electron chi connectivity index (χ2n) is 6.61. The molecule has 0 unspecified atom stereocenters. The third-order valence-electron chi connectivity index (χ3n) is 5.20. The molecule has 26 heavy (non-hydrogen) atoms. The number of rotatable bonds is 2. The highest BCUT2D eigenvalue weighted by atomic mass is 35.5. The molecule has 0 saturated carbocycles. The average Bonchev–Trinajstić information content (AvgIpc) is 3.05. The SMILES string of the molecule is COc1ccc2[nH]c3c(-c4cccc5c4CCCC5)nccc3c2n1.Cl. The van der Waals surface area contributed by atoms with Gasteiger partial charge in [-0.1, -0.05) is 18.2 Å². The van der Waals surface area contributed by atoms with Gasteiger partial charge < -0.3 is 9.72 Å². The highest BCUT2D eigenvalue weighted by Gasteiger charge is 2.18. The molecule has 132 valence electrons. The van der Waals surface area contributed by atoms with Gasteiger partial charge in [0.1, 0.15) is 0 Å². The fourth-order valence-corrected chi connectivity index (χ4v) is 3.99. The first-order valence-corrected chi connectivity index (χ1v) is 8.78. The number of hydrogen-bond donors (Lipinski definition) is 1. The van der Waals surface area contributed by atoms with Gasteiger partial charge in [0.15, 0.2) is 0 Å². The minimum absolute atomic E-state index is 0. The van der Waals surface area contributed by atoms with Gasteiger partial charge in [-0.3, -0.25) is 4.98 Å². The van der Waals surface area contributed by atoms with Crippen LogP contribution in [-0.4, -0.2) is 22.1 Å². The number of methoxy groups -OCH3 is 1. The molecule has 4 aromatic rings.